The van der Waals surface area contributed by atoms with E-state index in [1.54, 1.807) is 17.0 Å². The second kappa shape index (κ2) is 5.19. The number of phenols is 1. The van der Waals surface area contributed by atoms with Gasteiger partial charge in [-0.25, -0.2) is 0 Å². The second-order valence-electron chi connectivity index (χ2n) is 4.47. The number of rotatable bonds is 4. The van der Waals surface area contributed by atoms with Crippen molar-refractivity contribution in [2.75, 3.05) is 19.7 Å². The van der Waals surface area contributed by atoms with Crippen LogP contribution < -0.4 is 0 Å². The van der Waals surface area contributed by atoms with Crippen LogP contribution in [0, 0.1) is 5.92 Å². The van der Waals surface area contributed by atoms with Crippen LogP contribution in [0.1, 0.15) is 12.0 Å². The number of likely N-dealkylation sites (tertiary alicyclic amines) is 1. The molecule has 1 aliphatic rings. The molecule has 1 fully saturated rings. The average Bonchev–Trinajstić information content (AvgIpc) is 2.69. The Morgan fingerprint density at radius 2 is 2.12 bits per heavy atom. The molecule has 0 spiro atoms. The van der Waals surface area contributed by atoms with Gasteiger partial charge in [0.15, 0.2) is 0 Å². The van der Waals surface area contributed by atoms with E-state index in [-0.39, 0.29) is 24.2 Å². The van der Waals surface area contributed by atoms with Crippen molar-refractivity contribution in [3.8, 4) is 5.75 Å². The van der Waals surface area contributed by atoms with Crippen molar-refractivity contribution in [3.05, 3.63) is 29.8 Å². The maximum atomic E-state index is 11.6. The highest BCUT2D eigenvalue weighted by Crippen LogP contribution is 2.20. The molecule has 2 N–H and O–H groups in total. The lowest BCUT2D eigenvalue weighted by molar-refractivity contribution is -0.127. The molecule has 1 aromatic carbocycles. The fourth-order valence-electron chi connectivity index (χ4n) is 2.17. The zero-order valence-corrected chi connectivity index (χ0v) is 9.67. The Kier molecular flexibility index (Phi) is 3.64. The molecule has 0 aliphatic carbocycles. The zero-order valence-electron chi connectivity index (χ0n) is 9.67. The first kappa shape index (κ1) is 11.9. The summed E-state index contributed by atoms with van der Waals surface area (Å²) in [5.41, 5.74) is 0.854. The number of aliphatic hydroxyl groups excluding tert-OH is 1. The molecular formula is C13H17NO3. The minimum Gasteiger partial charge on any atom is -0.508 e. The van der Waals surface area contributed by atoms with E-state index in [2.05, 4.69) is 0 Å². The van der Waals surface area contributed by atoms with Crippen LogP contribution in [0.25, 0.3) is 0 Å². The molecule has 0 radical (unpaired) electrons. The van der Waals surface area contributed by atoms with Crippen LogP contribution in [0.15, 0.2) is 24.3 Å². The SMILES string of the molecule is O=C1CC(CO)CN1CCc1ccccc1O. The third-order valence-corrected chi connectivity index (χ3v) is 3.20. The second-order valence-corrected chi connectivity index (χ2v) is 4.47. The van der Waals surface area contributed by atoms with E-state index < -0.39 is 0 Å². The molecule has 92 valence electrons. The number of carbonyl (C=O) groups is 1. The fraction of sp³-hybridized carbons (Fsp3) is 0.462. The third-order valence-electron chi connectivity index (χ3n) is 3.20. The van der Waals surface area contributed by atoms with Crippen LogP contribution in [-0.4, -0.2) is 40.7 Å². The largest absolute Gasteiger partial charge is 0.508 e. The van der Waals surface area contributed by atoms with Crippen LogP contribution in [-0.2, 0) is 11.2 Å². The molecule has 17 heavy (non-hydrogen) atoms. The maximum Gasteiger partial charge on any atom is 0.223 e. The monoisotopic (exact) mass is 235 g/mol. The van der Waals surface area contributed by atoms with Crippen molar-refractivity contribution < 1.29 is 15.0 Å². The lowest BCUT2D eigenvalue weighted by Gasteiger charge is -2.16. The number of nitrogens with zero attached hydrogens (tertiary/aromatic N) is 1. The number of amides is 1. The van der Waals surface area contributed by atoms with E-state index in [0.717, 1.165) is 5.56 Å². The van der Waals surface area contributed by atoms with E-state index in [1.807, 2.05) is 12.1 Å². The summed E-state index contributed by atoms with van der Waals surface area (Å²) in [4.78, 5) is 13.4. The van der Waals surface area contributed by atoms with Gasteiger partial charge in [0.2, 0.25) is 5.91 Å². The van der Waals surface area contributed by atoms with Crippen LogP contribution in [0.3, 0.4) is 0 Å². The molecule has 0 saturated carbocycles. The van der Waals surface area contributed by atoms with E-state index in [4.69, 9.17) is 5.11 Å². The maximum absolute atomic E-state index is 11.6. The number of hydrogen-bond donors (Lipinski definition) is 2. The molecule has 4 nitrogen and oxygen atoms in total. The van der Waals surface area contributed by atoms with Gasteiger partial charge in [0, 0.05) is 32.0 Å². The summed E-state index contributed by atoms with van der Waals surface area (Å²) in [6, 6.07) is 7.16. The topological polar surface area (TPSA) is 60.8 Å². The molecule has 0 aromatic heterocycles. The smallest absolute Gasteiger partial charge is 0.223 e. The molecular weight excluding hydrogens is 218 g/mol. The van der Waals surface area contributed by atoms with Crippen molar-refractivity contribution in [2.45, 2.75) is 12.8 Å². The summed E-state index contributed by atoms with van der Waals surface area (Å²) in [6.07, 6.45) is 1.09. The number of hydrogen-bond acceptors (Lipinski definition) is 3. The molecule has 1 aliphatic heterocycles. The minimum absolute atomic E-state index is 0.0683. The van der Waals surface area contributed by atoms with Gasteiger partial charge in [0.25, 0.3) is 0 Å². The molecule has 1 heterocycles. The fourth-order valence-corrected chi connectivity index (χ4v) is 2.17. The van der Waals surface area contributed by atoms with Crippen molar-refractivity contribution in [1.29, 1.82) is 0 Å². The van der Waals surface area contributed by atoms with Gasteiger partial charge in [0.1, 0.15) is 5.75 Å². The molecule has 2 rings (SSSR count). The molecule has 1 amide bonds. The van der Waals surface area contributed by atoms with E-state index in [9.17, 15) is 9.90 Å². The van der Waals surface area contributed by atoms with Gasteiger partial charge < -0.3 is 15.1 Å². The predicted octanol–water partition coefficient (Wildman–Crippen LogP) is 0.775. The summed E-state index contributed by atoms with van der Waals surface area (Å²) < 4.78 is 0. The summed E-state index contributed by atoms with van der Waals surface area (Å²) in [5, 5.41) is 18.6. The summed E-state index contributed by atoms with van der Waals surface area (Å²) in [6.45, 7) is 1.30. The van der Waals surface area contributed by atoms with Gasteiger partial charge in [-0.1, -0.05) is 18.2 Å². The van der Waals surface area contributed by atoms with Gasteiger partial charge in [-0.2, -0.15) is 0 Å². The van der Waals surface area contributed by atoms with E-state index in [0.29, 0.717) is 25.9 Å². The van der Waals surface area contributed by atoms with Crippen LogP contribution >= 0.6 is 0 Å². The zero-order chi connectivity index (χ0) is 12.3. The molecule has 1 saturated heterocycles. The highest BCUT2D eigenvalue weighted by molar-refractivity contribution is 5.78. The van der Waals surface area contributed by atoms with Gasteiger partial charge >= 0.3 is 0 Å². The molecule has 0 bridgehead atoms. The van der Waals surface area contributed by atoms with Crippen LogP contribution in [0.2, 0.25) is 0 Å². The van der Waals surface area contributed by atoms with Crippen molar-refractivity contribution in [2.24, 2.45) is 5.92 Å². The first-order chi connectivity index (χ1) is 8.20. The van der Waals surface area contributed by atoms with Gasteiger partial charge in [-0.05, 0) is 18.1 Å². The third kappa shape index (κ3) is 2.77. The number of aromatic hydroxyl groups is 1. The van der Waals surface area contributed by atoms with Gasteiger partial charge in [-0.3, -0.25) is 4.79 Å². The summed E-state index contributed by atoms with van der Waals surface area (Å²) >= 11 is 0. The highest BCUT2D eigenvalue weighted by atomic mass is 16.3. The van der Waals surface area contributed by atoms with Gasteiger partial charge in [0.05, 0.1) is 0 Å². The van der Waals surface area contributed by atoms with Crippen molar-refractivity contribution in [3.63, 3.8) is 0 Å². The number of aliphatic hydroxyl groups is 1. The molecule has 1 aromatic rings. The Morgan fingerprint density at radius 1 is 1.35 bits per heavy atom. The molecule has 1 unspecified atom stereocenters. The Labute approximate surface area is 100 Å². The van der Waals surface area contributed by atoms with Gasteiger partial charge in [-0.15, -0.1) is 0 Å². The van der Waals surface area contributed by atoms with E-state index in [1.165, 1.54) is 0 Å². The lowest BCUT2D eigenvalue weighted by Crippen LogP contribution is -2.27. The number of benzene rings is 1. The predicted molar refractivity (Wildman–Crippen MR) is 63.6 cm³/mol. The Bertz CT molecular complexity index is 405. The Hall–Kier alpha value is -1.55. The summed E-state index contributed by atoms with van der Waals surface area (Å²) in [7, 11) is 0. The standard InChI is InChI=1S/C13H17NO3/c15-9-10-7-13(17)14(8-10)6-5-11-3-1-2-4-12(11)16/h1-4,10,15-16H,5-9H2. The number of carbonyl (C=O) groups excluding carboxylic acids is 1. The molecule has 4 heteroatoms. The summed E-state index contributed by atoms with van der Waals surface area (Å²) in [5.74, 6) is 0.448. The van der Waals surface area contributed by atoms with Crippen molar-refractivity contribution >= 4 is 5.91 Å². The quantitative estimate of drug-likeness (QED) is 0.810. The highest BCUT2D eigenvalue weighted by Gasteiger charge is 2.28. The Balaban J connectivity index is 1.91. The van der Waals surface area contributed by atoms with Crippen LogP contribution in [0.4, 0.5) is 0 Å². The minimum atomic E-state index is 0.0683. The lowest BCUT2D eigenvalue weighted by atomic mass is 10.1. The van der Waals surface area contributed by atoms with Crippen molar-refractivity contribution in [1.82, 2.24) is 4.90 Å². The average molecular weight is 235 g/mol. The Morgan fingerprint density at radius 3 is 2.76 bits per heavy atom. The number of phenolic OH excluding ortho intramolecular Hbond substituents is 1. The first-order valence-corrected chi connectivity index (χ1v) is 5.86. The first-order valence-electron chi connectivity index (χ1n) is 5.86. The number of para-hydroxylation sites is 1. The van der Waals surface area contributed by atoms with E-state index >= 15 is 0 Å². The normalized spacial score (nSPS) is 19.9. The van der Waals surface area contributed by atoms with Crippen LogP contribution in [0.5, 0.6) is 5.75 Å². The molecule has 1 atom stereocenters.